The van der Waals surface area contributed by atoms with Crippen molar-refractivity contribution in [3.63, 3.8) is 0 Å². The van der Waals surface area contributed by atoms with Gasteiger partial charge in [0.1, 0.15) is 11.6 Å². The van der Waals surface area contributed by atoms with Gasteiger partial charge >= 0.3 is 0 Å². The molecule has 0 atom stereocenters. The maximum Gasteiger partial charge on any atom is 0.253 e. The quantitative estimate of drug-likeness (QED) is 0.889. The van der Waals surface area contributed by atoms with Crippen molar-refractivity contribution in [1.82, 2.24) is 4.90 Å². The summed E-state index contributed by atoms with van der Waals surface area (Å²) < 4.78 is 12.9. The molecular weight excluding hydrogens is 245 g/mol. The molecule has 1 aliphatic heterocycles. The van der Waals surface area contributed by atoms with E-state index < -0.39 is 0 Å². The molecule has 0 radical (unpaired) electrons. The van der Waals surface area contributed by atoms with Crippen LogP contribution in [0, 0.1) is 11.2 Å². The first kappa shape index (κ1) is 12.2. The van der Waals surface area contributed by atoms with Crippen LogP contribution in [0.25, 0.3) is 0 Å². The third-order valence-electron chi connectivity index (χ3n) is 4.10. The standard InChI is InChI=1S/C15H16FNO2/c1-10-13(18)15(6-7-15)9-17(14(10)19)8-11-2-4-12(16)5-3-11/h2-5,18H,6-9H2,1H3. The van der Waals surface area contributed by atoms with E-state index in [1.807, 2.05) is 0 Å². The van der Waals surface area contributed by atoms with E-state index in [-0.39, 0.29) is 22.9 Å². The van der Waals surface area contributed by atoms with Gasteiger partial charge in [-0.05, 0) is 37.5 Å². The number of hydrogen-bond donors (Lipinski definition) is 1. The van der Waals surface area contributed by atoms with Gasteiger partial charge in [0.25, 0.3) is 5.91 Å². The molecule has 1 aromatic rings. The Hall–Kier alpha value is -1.84. The first-order chi connectivity index (χ1) is 9.02. The third-order valence-corrected chi connectivity index (χ3v) is 4.10. The van der Waals surface area contributed by atoms with E-state index in [0.29, 0.717) is 18.7 Å². The highest BCUT2D eigenvalue weighted by Gasteiger charge is 2.52. The fraction of sp³-hybridized carbons (Fsp3) is 0.400. The van der Waals surface area contributed by atoms with Gasteiger partial charge in [-0.2, -0.15) is 0 Å². The molecule has 1 N–H and O–H groups in total. The van der Waals surface area contributed by atoms with Gasteiger partial charge in [-0.15, -0.1) is 0 Å². The summed E-state index contributed by atoms with van der Waals surface area (Å²) in [7, 11) is 0. The van der Waals surface area contributed by atoms with Crippen molar-refractivity contribution in [3.05, 3.63) is 47.0 Å². The zero-order chi connectivity index (χ0) is 13.6. The minimum Gasteiger partial charge on any atom is -0.511 e. The number of amides is 1. The van der Waals surface area contributed by atoms with Gasteiger partial charge < -0.3 is 10.0 Å². The maximum absolute atomic E-state index is 12.9. The summed E-state index contributed by atoms with van der Waals surface area (Å²) in [6.07, 6.45) is 1.87. The topological polar surface area (TPSA) is 40.5 Å². The lowest BCUT2D eigenvalue weighted by atomic mass is 9.94. The average molecular weight is 261 g/mol. The number of halogens is 1. The second-order valence-electron chi connectivity index (χ2n) is 5.54. The molecule has 3 rings (SSSR count). The minimum atomic E-state index is -0.277. The van der Waals surface area contributed by atoms with E-state index in [1.54, 1.807) is 24.0 Å². The molecule has 2 aliphatic rings. The van der Waals surface area contributed by atoms with Crippen LogP contribution in [0.2, 0.25) is 0 Å². The molecule has 1 fully saturated rings. The highest BCUT2D eigenvalue weighted by Crippen LogP contribution is 2.54. The molecule has 19 heavy (non-hydrogen) atoms. The van der Waals surface area contributed by atoms with Gasteiger partial charge in [-0.25, -0.2) is 4.39 Å². The van der Waals surface area contributed by atoms with E-state index in [9.17, 15) is 14.3 Å². The maximum atomic E-state index is 12.9. The normalized spacial score (nSPS) is 21.2. The molecule has 0 aromatic heterocycles. The molecule has 0 unspecified atom stereocenters. The molecule has 3 nitrogen and oxygen atoms in total. The molecule has 0 saturated heterocycles. The van der Waals surface area contributed by atoms with Gasteiger partial charge in [0.05, 0.1) is 5.57 Å². The van der Waals surface area contributed by atoms with Gasteiger partial charge in [0.15, 0.2) is 0 Å². The van der Waals surface area contributed by atoms with Crippen LogP contribution in [0.4, 0.5) is 4.39 Å². The number of carbonyl (C=O) groups excluding carboxylic acids is 1. The zero-order valence-corrected chi connectivity index (χ0v) is 10.8. The van der Waals surface area contributed by atoms with E-state index in [2.05, 4.69) is 0 Å². The Morgan fingerprint density at radius 3 is 2.53 bits per heavy atom. The van der Waals surface area contributed by atoms with Crippen molar-refractivity contribution in [3.8, 4) is 0 Å². The van der Waals surface area contributed by atoms with Crippen molar-refractivity contribution >= 4 is 5.91 Å². The van der Waals surface area contributed by atoms with E-state index in [0.717, 1.165) is 18.4 Å². The zero-order valence-electron chi connectivity index (χ0n) is 10.8. The van der Waals surface area contributed by atoms with Gasteiger partial charge in [-0.1, -0.05) is 12.1 Å². The number of rotatable bonds is 2. The fourth-order valence-electron chi connectivity index (χ4n) is 2.73. The Morgan fingerprint density at radius 2 is 1.95 bits per heavy atom. The number of carbonyl (C=O) groups is 1. The van der Waals surface area contributed by atoms with Gasteiger partial charge in [0.2, 0.25) is 0 Å². The Labute approximate surface area is 111 Å². The average Bonchev–Trinajstić information content (AvgIpc) is 3.17. The van der Waals surface area contributed by atoms with Crippen LogP contribution in [0.15, 0.2) is 35.6 Å². The summed E-state index contributed by atoms with van der Waals surface area (Å²) in [5.41, 5.74) is 1.16. The van der Waals surface area contributed by atoms with Crippen LogP contribution in [-0.4, -0.2) is 22.5 Å². The van der Waals surface area contributed by atoms with E-state index >= 15 is 0 Å². The van der Waals surface area contributed by atoms with Crippen LogP contribution in [0.5, 0.6) is 0 Å². The molecule has 4 heteroatoms. The highest BCUT2D eigenvalue weighted by atomic mass is 19.1. The number of hydrogen-bond acceptors (Lipinski definition) is 2. The van der Waals surface area contributed by atoms with Crippen molar-refractivity contribution in [2.24, 2.45) is 5.41 Å². The Morgan fingerprint density at radius 1 is 1.32 bits per heavy atom. The molecule has 0 bridgehead atoms. The molecular formula is C15H16FNO2. The largest absolute Gasteiger partial charge is 0.511 e. The molecule has 1 aromatic carbocycles. The molecule has 1 spiro atoms. The summed E-state index contributed by atoms with van der Waals surface area (Å²) in [6, 6.07) is 6.18. The van der Waals surface area contributed by atoms with E-state index in [1.165, 1.54) is 12.1 Å². The predicted molar refractivity (Wildman–Crippen MR) is 68.8 cm³/mol. The summed E-state index contributed by atoms with van der Waals surface area (Å²) in [5, 5.41) is 10.0. The first-order valence-corrected chi connectivity index (χ1v) is 6.46. The molecule has 100 valence electrons. The molecule has 1 amide bonds. The summed E-state index contributed by atoms with van der Waals surface area (Å²) in [5.74, 6) is -0.131. The summed E-state index contributed by atoms with van der Waals surface area (Å²) in [6.45, 7) is 2.70. The lowest BCUT2D eigenvalue weighted by molar-refractivity contribution is -0.130. The fourth-order valence-corrected chi connectivity index (χ4v) is 2.73. The summed E-state index contributed by atoms with van der Waals surface area (Å²) in [4.78, 5) is 13.9. The van der Waals surface area contributed by atoms with Crippen LogP contribution in [-0.2, 0) is 11.3 Å². The smallest absolute Gasteiger partial charge is 0.253 e. The van der Waals surface area contributed by atoms with Crippen LogP contribution in [0.3, 0.4) is 0 Å². The Bertz CT molecular complexity index is 558. The predicted octanol–water partition coefficient (Wildman–Crippen LogP) is 2.78. The number of nitrogens with zero attached hydrogens (tertiary/aromatic N) is 1. The first-order valence-electron chi connectivity index (χ1n) is 6.46. The summed E-state index contributed by atoms with van der Waals surface area (Å²) >= 11 is 0. The van der Waals surface area contributed by atoms with Crippen LogP contribution >= 0.6 is 0 Å². The number of benzene rings is 1. The van der Waals surface area contributed by atoms with E-state index in [4.69, 9.17) is 0 Å². The second kappa shape index (κ2) is 4.08. The van der Waals surface area contributed by atoms with Gasteiger partial charge in [-0.3, -0.25) is 4.79 Å². The lowest BCUT2D eigenvalue weighted by Gasteiger charge is -2.33. The Balaban J connectivity index is 1.83. The molecule has 1 heterocycles. The van der Waals surface area contributed by atoms with Crippen molar-refractivity contribution in [2.45, 2.75) is 26.3 Å². The minimum absolute atomic E-state index is 0.126. The molecule has 1 saturated carbocycles. The van der Waals surface area contributed by atoms with Crippen molar-refractivity contribution in [1.29, 1.82) is 0 Å². The van der Waals surface area contributed by atoms with Crippen molar-refractivity contribution in [2.75, 3.05) is 6.54 Å². The molecule has 1 aliphatic carbocycles. The Kier molecular flexibility index (Phi) is 2.62. The second-order valence-corrected chi connectivity index (χ2v) is 5.54. The number of aliphatic hydroxyl groups excluding tert-OH is 1. The monoisotopic (exact) mass is 261 g/mol. The SMILES string of the molecule is CC1=C(O)C2(CC2)CN(Cc2ccc(F)cc2)C1=O. The van der Waals surface area contributed by atoms with Crippen molar-refractivity contribution < 1.29 is 14.3 Å². The lowest BCUT2D eigenvalue weighted by Crippen LogP contribution is -2.41. The van der Waals surface area contributed by atoms with Gasteiger partial charge in [0, 0.05) is 18.5 Å². The van der Waals surface area contributed by atoms with Crippen LogP contribution < -0.4 is 0 Å². The number of aliphatic hydroxyl groups is 1. The third kappa shape index (κ3) is 2.01. The highest BCUT2D eigenvalue weighted by molar-refractivity contribution is 5.94. The van der Waals surface area contributed by atoms with Crippen LogP contribution in [0.1, 0.15) is 25.3 Å².